The SMILES string of the molecule is Cc1ccc(C(=O)c2ccc3[nH]c(=O)[nH]c3c2)cc1. The summed E-state index contributed by atoms with van der Waals surface area (Å²) in [6, 6.07) is 12.6. The van der Waals surface area contributed by atoms with Gasteiger partial charge in [-0.05, 0) is 25.1 Å². The van der Waals surface area contributed by atoms with Gasteiger partial charge < -0.3 is 9.97 Å². The number of imidazole rings is 1. The molecule has 0 fully saturated rings. The van der Waals surface area contributed by atoms with Crippen LogP contribution >= 0.6 is 0 Å². The first kappa shape index (κ1) is 11.5. The number of H-pyrrole nitrogens is 2. The topological polar surface area (TPSA) is 65.7 Å². The van der Waals surface area contributed by atoms with E-state index in [1.807, 2.05) is 31.2 Å². The van der Waals surface area contributed by atoms with Gasteiger partial charge in [0.1, 0.15) is 0 Å². The third-order valence-corrected chi connectivity index (χ3v) is 3.09. The van der Waals surface area contributed by atoms with Crippen molar-refractivity contribution in [3.63, 3.8) is 0 Å². The Kier molecular flexibility index (Phi) is 2.56. The van der Waals surface area contributed by atoms with E-state index in [1.165, 1.54) is 0 Å². The maximum atomic E-state index is 12.3. The van der Waals surface area contributed by atoms with Gasteiger partial charge in [-0.15, -0.1) is 0 Å². The van der Waals surface area contributed by atoms with Crippen LogP contribution in [-0.2, 0) is 0 Å². The smallest absolute Gasteiger partial charge is 0.306 e. The van der Waals surface area contributed by atoms with E-state index in [-0.39, 0.29) is 11.5 Å². The van der Waals surface area contributed by atoms with Gasteiger partial charge in [-0.2, -0.15) is 0 Å². The van der Waals surface area contributed by atoms with Crippen LogP contribution in [0.25, 0.3) is 11.0 Å². The van der Waals surface area contributed by atoms with Gasteiger partial charge in [-0.25, -0.2) is 4.79 Å². The molecule has 0 aliphatic carbocycles. The summed E-state index contributed by atoms with van der Waals surface area (Å²) < 4.78 is 0. The number of aryl methyl sites for hydroxylation is 1. The van der Waals surface area contributed by atoms with Crippen molar-refractivity contribution in [1.29, 1.82) is 0 Å². The summed E-state index contributed by atoms with van der Waals surface area (Å²) in [5, 5.41) is 0. The minimum atomic E-state index is -0.269. The van der Waals surface area contributed by atoms with Gasteiger partial charge in [0.05, 0.1) is 11.0 Å². The van der Waals surface area contributed by atoms with Gasteiger partial charge in [-0.1, -0.05) is 29.8 Å². The van der Waals surface area contributed by atoms with Crippen molar-refractivity contribution in [2.24, 2.45) is 0 Å². The van der Waals surface area contributed by atoms with E-state index in [4.69, 9.17) is 0 Å². The Labute approximate surface area is 109 Å². The summed E-state index contributed by atoms with van der Waals surface area (Å²) in [6.07, 6.45) is 0. The molecule has 0 radical (unpaired) electrons. The van der Waals surface area contributed by atoms with E-state index in [0.29, 0.717) is 22.2 Å². The summed E-state index contributed by atoms with van der Waals surface area (Å²) in [5.41, 5.74) is 3.39. The molecule has 0 unspecified atom stereocenters. The molecule has 0 saturated heterocycles. The summed E-state index contributed by atoms with van der Waals surface area (Å²) in [4.78, 5) is 28.8. The standard InChI is InChI=1S/C15H12N2O2/c1-9-2-4-10(5-3-9)14(18)11-6-7-12-13(8-11)17-15(19)16-12/h2-8H,1H3,(H2,16,17,19). The number of fused-ring (bicyclic) bond motifs is 1. The molecule has 0 bridgehead atoms. The van der Waals surface area contributed by atoms with Crippen molar-refractivity contribution >= 4 is 16.8 Å². The van der Waals surface area contributed by atoms with Gasteiger partial charge in [-0.3, -0.25) is 4.79 Å². The van der Waals surface area contributed by atoms with Crippen molar-refractivity contribution in [2.45, 2.75) is 6.92 Å². The van der Waals surface area contributed by atoms with E-state index >= 15 is 0 Å². The van der Waals surface area contributed by atoms with Crippen LogP contribution in [0.3, 0.4) is 0 Å². The van der Waals surface area contributed by atoms with Crippen LogP contribution in [0.15, 0.2) is 47.3 Å². The van der Waals surface area contributed by atoms with Crippen LogP contribution in [0.4, 0.5) is 0 Å². The first-order valence-corrected chi connectivity index (χ1v) is 5.97. The van der Waals surface area contributed by atoms with E-state index in [0.717, 1.165) is 5.56 Å². The van der Waals surface area contributed by atoms with Crippen molar-refractivity contribution in [3.05, 3.63) is 69.6 Å². The van der Waals surface area contributed by atoms with Crippen molar-refractivity contribution < 1.29 is 4.79 Å². The van der Waals surface area contributed by atoms with Gasteiger partial charge in [0.15, 0.2) is 5.78 Å². The number of carbonyl (C=O) groups is 1. The van der Waals surface area contributed by atoms with Crippen LogP contribution in [0.2, 0.25) is 0 Å². The molecule has 0 aliphatic rings. The number of aromatic amines is 2. The second-order valence-corrected chi connectivity index (χ2v) is 4.53. The minimum absolute atomic E-state index is 0.0519. The summed E-state index contributed by atoms with van der Waals surface area (Å²) in [5.74, 6) is -0.0519. The highest BCUT2D eigenvalue weighted by Gasteiger charge is 2.10. The lowest BCUT2D eigenvalue weighted by Gasteiger charge is -2.02. The summed E-state index contributed by atoms with van der Waals surface area (Å²) >= 11 is 0. The molecule has 3 rings (SSSR count). The van der Waals surface area contributed by atoms with Crippen LogP contribution in [0.1, 0.15) is 21.5 Å². The van der Waals surface area contributed by atoms with Crippen molar-refractivity contribution in [2.75, 3.05) is 0 Å². The average molecular weight is 252 g/mol. The Morgan fingerprint density at radius 1 is 0.895 bits per heavy atom. The molecule has 0 amide bonds. The van der Waals surface area contributed by atoms with Gasteiger partial charge in [0, 0.05) is 11.1 Å². The molecular weight excluding hydrogens is 240 g/mol. The number of nitrogens with one attached hydrogen (secondary N) is 2. The predicted octanol–water partition coefficient (Wildman–Crippen LogP) is 2.40. The maximum Gasteiger partial charge on any atom is 0.323 e. The third-order valence-electron chi connectivity index (χ3n) is 3.09. The van der Waals surface area contributed by atoms with Crippen LogP contribution in [0.5, 0.6) is 0 Å². The second kappa shape index (κ2) is 4.24. The number of aromatic nitrogens is 2. The minimum Gasteiger partial charge on any atom is -0.306 e. The van der Waals surface area contributed by atoms with Gasteiger partial charge >= 0.3 is 5.69 Å². The van der Waals surface area contributed by atoms with E-state index in [1.54, 1.807) is 18.2 Å². The Hall–Kier alpha value is -2.62. The van der Waals surface area contributed by atoms with E-state index < -0.39 is 0 Å². The molecule has 1 aromatic heterocycles. The second-order valence-electron chi connectivity index (χ2n) is 4.53. The zero-order chi connectivity index (χ0) is 13.4. The van der Waals surface area contributed by atoms with Gasteiger partial charge in [0.25, 0.3) is 0 Å². The van der Waals surface area contributed by atoms with Gasteiger partial charge in [0.2, 0.25) is 0 Å². The molecule has 0 atom stereocenters. The number of hydrogen-bond acceptors (Lipinski definition) is 2. The van der Waals surface area contributed by atoms with E-state index in [9.17, 15) is 9.59 Å². The summed E-state index contributed by atoms with van der Waals surface area (Å²) in [6.45, 7) is 1.98. The fourth-order valence-corrected chi connectivity index (χ4v) is 2.05. The molecule has 2 aromatic carbocycles. The monoisotopic (exact) mass is 252 g/mol. The largest absolute Gasteiger partial charge is 0.323 e. The Morgan fingerprint density at radius 3 is 2.26 bits per heavy atom. The van der Waals surface area contributed by atoms with Crippen molar-refractivity contribution in [3.8, 4) is 0 Å². The Balaban J connectivity index is 2.05. The molecule has 4 nitrogen and oxygen atoms in total. The Bertz CT molecular complexity index is 810. The molecule has 1 heterocycles. The third kappa shape index (κ3) is 2.08. The number of rotatable bonds is 2. The number of benzene rings is 2. The van der Waals surface area contributed by atoms with Crippen LogP contribution < -0.4 is 5.69 Å². The van der Waals surface area contributed by atoms with E-state index in [2.05, 4.69) is 9.97 Å². The lowest BCUT2D eigenvalue weighted by molar-refractivity contribution is 0.103. The van der Waals surface area contributed by atoms with Crippen LogP contribution in [0, 0.1) is 6.92 Å². The molecule has 3 aromatic rings. The van der Waals surface area contributed by atoms with Crippen LogP contribution in [-0.4, -0.2) is 15.8 Å². The highest BCUT2D eigenvalue weighted by molar-refractivity contribution is 6.10. The van der Waals surface area contributed by atoms with Crippen molar-refractivity contribution in [1.82, 2.24) is 9.97 Å². The first-order chi connectivity index (χ1) is 9.13. The molecule has 19 heavy (non-hydrogen) atoms. The molecule has 0 spiro atoms. The zero-order valence-electron chi connectivity index (χ0n) is 10.4. The average Bonchev–Trinajstić information content (AvgIpc) is 2.77. The number of carbonyl (C=O) groups excluding carboxylic acids is 1. The highest BCUT2D eigenvalue weighted by Crippen LogP contribution is 2.15. The maximum absolute atomic E-state index is 12.3. The highest BCUT2D eigenvalue weighted by atomic mass is 16.1. The quantitative estimate of drug-likeness (QED) is 0.688. The molecule has 2 N–H and O–H groups in total. The Morgan fingerprint density at radius 2 is 1.53 bits per heavy atom. The number of ketones is 1. The lowest BCUT2D eigenvalue weighted by atomic mass is 10.0. The lowest BCUT2D eigenvalue weighted by Crippen LogP contribution is -2.01. The first-order valence-electron chi connectivity index (χ1n) is 5.97. The summed E-state index contributed by atoms with van der Waals surface area (Å²) in [7, 11) is 0. The fraction of sp³-hybridized carbons (Fsp3) is 0.0667. The molecule has 0 aliphatic heterocycles. The molecule has 0 saturated carbocycles. The zero-order valence-corrected chi connectivity index (χ0v) is 10.4. The molecular formula is C15H12N2O2. The fourth-order valence-electron chi connectivity index (χ4n) is 2.05. The molecule has 94 valence electrons. The normalized spacial score (nSPS) is 10.8. The number of hydrogen-bond donors (Lipinski definition) is 2. The molecule has 4 heteroatoms. The predicted molar refractivity (Wildman–Crippen MR) is 73.5 cm³/mol.